The van der Waals surface area contributed by atoms with Gasteiger partial charge >= 0.3 is 0 Å². The van der Waals surface area contributed by atoms with Crippen molar-refractivity contribution >= 4 is 34.8 Å². The van der Waals surface area contributed by atoms with Crippen LogP contribution in [0.4, 0.5) is 14.5 Å². The van der Waals surface area contributed by atoms with Gasteiger partial charge in [0, 0.05) is 5.56 Å². The van der Waals surface area contributed by atoms with E-state index in [1.807, 2.05) is 0 Å². The number of nitrogens with two attached hydrogens (primary N) is 1. The fourth-order valence-corrected chi connectivity index (χ4v) is 2.52. The van der Waals surface area contributed by atoms with Crippen LogP contribution in [0.15, 0.2) is 36.4 Å². The highest BCUT2D eigenvalue weighted by Crippen LogP contribution is 2.29. The standard InChI is InChI=1S/C16H14Cl2F2N2O/c1-9(10-5-6-13(19)14(20)7-10)21-8-15(23)22-16-11(17)3-2-4-12(16)18/h2-7,9,21H,8H2,1H3,(H,22,23)/p+1/t9-/m1/s1. The molecule has 0 spiro atoms. The maximum Gasteiger partial charge on any atom is 0.279 e. The van der Waals surface area contributed by atoms with E-state index in [9.17, 15) is 13.6 Å². The van der Waals surface area contributed by atoms with E-state index >= 15 is 0 Å². The topological polar surface area (TPSA) is 45.7 Å². The summed E-state index contributed by atoms with van der Waals surface area (Å²) >= 11 is 12.0. The smallest absolute Gasteiger partial charge is 0.279 e. The second kappa shape index (κ2) is 7.73. The molecule has 7 heteroatoms. The van der Waals surface area contributed by atoms with Gasteiger partial charge in [-0.2, -0.15) is 0 Å². The second-order valence-electron chi connectivity index (χ2n) is 5.05. The number of carbonyl (C=O) groups excluding carboxylic acids is 1. The van der Waals surface area contributed by atoms with Crippen molar-refractivity contribution in [2.24, 2.45) is 0 Å². The molecule has 0 radical (unpaired) electrons. The van der Waals surface area contributed by atoms with E-state index in [4.69, 9.17) is 23.2 Å². The van der Waals surface area contributed by atoms with Crippen LogP contribution >= 0.6 is 23.2 Å². The predicted octanol–water partition coefficient (Wildman–Crippen LogP) is 3.53. The molecular formula is C16H15Cl2F2N2O+. The van der Waals surface area contributed by atoms with Gasteiger partial charge in [-0.1, -0.05) is 29.3 Å². The summed E-state index contributed by atoms with van der Waals surface area (Å²) in [6.07, 6.45) is 0. The summed E-state index contributed by atoms with van der Waals surface area (Å²) in [6, 6.07) is 8.39. The molecule has 0 saturated carbocycles. The SMILES string of the molecule is C[C@@H]([NH2+]CC(=O)Nc1c(Cl)cccc1Cl)c1ccc(F)c(F)c1. The van der Waals surface area contributed by atoms with Crippen LogP contribution in [0.5, 0.6) is 0 Å². The molecule has 0 aliphatic rings. The molecule has 1 atom stereocenters. The first-order valence-electron chi connectivity index (χ1n) is 6.90. The number of hydrogen-bond donors (Lipinski definition) is 2. The zero-order valence-electron chi connectivity index (χ0n) is 12.2. The number of anilines is 1. The largest absolute Gasteiger partial charge is 0.333 e. The maximum atomic E-state index is 13.2. The summed E-state index contributed by atoms with van der Waals surface area (Å²) in [5, 5.41) is 5.03. The lowest BCUT2D eigenvalue weighted by molar-refractivity contribution is -0.682. The van der Waals surface area contributed by atoms with Crippen molar-refractivity contribution in [1.82, 2.24) is 0 Å². The van der Waals surface area contributed by atoms with E-state index in [0.29, 0.717) is 21.3 Å². The fraction of sp³-hybridized carbons (Fsp3) is 0.188. The fourth-order valence-electron chi connectivity index (χ4n) is 2.02. The van der Waals surface area contributed by atoms with E-state index < -0.39 is 11.6 Å². The van der Waals surface area contributed by atoms with Crippen LogP contribution in [0, 0.1) is 11.6 Å². The zero-order valence-corrected chi connectivity index (χ0v) is 13.8. The Morgan fingerprint density at radius 2 is 1.83 bits per heavy atom. The van der Waals surface area contributed by atoms with E-state index in [1.165, 1.54) is 6.07 Å². The normalized spacial score (nSPS) is 12.0. The molecule has 0 bridgehead atoms. The lowest BCUT2D eigenvalue weighted by Gasteiger charge is -2.12. The first kappa shape index (κ1) is 17.7. The molecule has 1 amide bonds. The van der Waals surface area contributed by atoms with Gasteiger partial charge in [0.05, 0.1) is 15.7 Å². The minimum absolute atomic E-state index is 0.0850. The molecule has 0 aliphatic carbocycles. The molecule has 0 aromatic heterocycles. The van der Waals surface area contributed by atoms with Crippen molar-refractivity contribution in [1.29, 1.82) is 0 Å². The molecule has 2 rings (SSSR count). The molecule has 2 aromatic rings. The van der Waals surface area contributed by atoms with Gasteiger partial charge < -0.3 is 10.6 Å². The van der Waals surface area contributed by atoms with Gasteiger partial charge in [-0.25, -0.2) is 8.78 Å². The Morgan fingerprint density at radius 1 is 1.17 bits per heavy atom. The summed E-state index contributed by atoms with van der Waals surface area (Å²) in [7, 11) is 0. The van der Waals surface area contributed by atoms with Crippen LogP contribution in [-0.4, -0.2) is 12.5 Å². The molecule has 3 nitrogen and oxygen atoms in total. The Morgan fingerprint density at radius 3 is 2.43 bits per heavy atom. The van der Waals surface area contributed by atoms with E-state index in [2.05, 4.69) is 5.32 Å². The second-order valence-corrected chi connectivity index (χ2v) is 5.86. The zero-order chi connectivity index (χ0) is 17.0. The lowest BCUT2D eigenvalue weighted by Crippen LogP contribution is -2.86. The summed E-state index contributed by atoms with van der Waals surface area (Å²) in [4.78, 5) is 12.0. The van der Waals surface area contributed by atoms with Crippen molar-refractivity contribution < 1.29 is 18.9 Å². The van der Waals surface area contributed by atoms with Crippen molar-refractivity contribution in [3.05, 3.63) is 63.6 Å². The highest BCUT2D eigenvalue weighted by atomic mass is 35.5. The Kier molecular flexibility index (Phi) is 5.93. The van der Waals surface area contributed by atoms with Crippen LogP contribution < -0.4 is 10.6 Å². The third kappa shape index (κ3) is 4.64. The molecule has 2 aromatic carbocycles. The number of benzene rings is 2. The molecule has 0 saturated heterocycles. The van der Waals surface area contributed by atoms with Gasteiger partial charge in [0.2, 0.25) is 0 Å². The van der Waals surface area contributed by atoms with Gasteiger partial charge in [0.15, 0.2) is 18.2 Å². The van der Waals surface area contributed by atoms with Crippen LogP contribution in [0.2, 0.25) is 10.0 Å². The van der Waals surface area contributed by atoms with Crippen molar-refractivity contribution in [2.45, 2.75) is 13.0 Å². The third-order valence-electron chi connectivity index (χ3n) is 3.35. The highest BCUT2D eigenvalue weighted by Gasteiger charge is 2.15. The molecule has 23 heavy (non-hydrogen) atoms. The Bertz CT molecular complexity index is 705. The monoisotopic (exact) mass is 359 g/mol. The van der Waals surface area contributed by atoms with Gasteiger partial charge in [0.25, 0.3) is 5.91 Å². The van der Waals surface area contributed by atoms with Crippen molar-refractivity contribution in [2.75, 3.05) is 11.9 Å². The Hall–Kier alpha value is -1.69. The van der Waals surface area contributed by atoms with Gasteiger partial charge in [-0.05, 0) is 37.3 Å². The average Bonchev–Trinajstić information content (AvgIpc) is 2.51. The van der Waals surface area contributed by atoms with Crippen LogP contribution in [0.25, 0.3) is 0 Å². The molecule has 0 fully saturated rings. The first-order valence-corrected chi connectivity index (χ1v) is 7.66. The number of nitrogens with one attached hydrogen (secondary N) is 1. The number of amides is 1. The van der Waals surface area contributed by atoms with E-state index in [0.717, 1.165) is 12.1 Å². The Balaban J connectivity index is 1.95. The predicted molar refractivity (Wildman–Crippen MR) is 86.7 cm³/mol. The van der Waals surface area contributed by atoms with Crippen LogP contribution in [-0.2, 0) is 4.79 Å². The summed E-state index contributed by atoms with van der Waals surface area (Å²) in [6.45, 7) is 1.88. The summed E-state index contributed by atoms with van der Waals surface area (Å²) < 4.78 is 26.1. The van der Waals surface area contributed by atoms with E-state index in [1.54, 1.807) is 30.4 Å². The Labute approximate surface area is 142 Å². The molecule has 0 aliphatic heterocycles. The average molecular weight is 360 g/mol. The molecule has 122 valence electrons. The number of rotatable bonds is 5. The van der Waals surface area contributed by atoms with Crippen LogP contribution in [0.3, 0.4) is 0 Å². The summed E-state index contributed by atoms with van der Waals surface area (Å²) in [5.74, 6) is -2.10. The molecule has 0 heterocycles. The van der Waals surface area contributed by atoms with E-state index in [-0.39, 0.29) is 18.5 Å². The van der Waals surface area contributed by atoms with Gasteiger partial charge in [-0.3, -0.25) is 4.79 Å². The quantitative estimate of drug-likeness (QED) is 0.842. The number of para-hydroxylation sites is 1. The first-order chi connectivity index (χ1) is 10.9. The number of quaternary nitrogens is 1. The number of halogens is 4. The van der Waals surface area contributed by atoms with Gasteiger partial charge in [0.1, 0.15) is 6.04 Å². The van der Waals surface area contributed by atoms with Gasteiger partial charge in [-0.15, -0.1) is 0 Å². The number of carbonyl (C=O) groups is 1. The minimum atomic E-state index is -0.907. The highest BCUT2D eigenvalue weighted by molar-refractivity contribution is 6.39. The third-order valence-corrected chi connectivity index (χ3v) is 3.98. The van der Waals surface area contributed by atoms with Crippen molar-refractivity contribution in [3.8, 4) is 0 Å². The van der Waals surface area contributed by atoms with Crippen molar-refractivity contribution in [3.63, 3.8) is 0 Å². The lowest BCUT2D eigenvalue weighted by atomic mass is 10.1. The maximum absolute atomic E-state index is 13.2. The van der Waals surface area contributed by atoms with Crippen LogP contribution in [0.1, 0.15) is 18.5 Å². The summed E-state index contributed by atoms with van der Waals surface area (Å²) in [5.41, 5.74) is 0.946. The number of hydrogen-bond acceptors (Lipinski definition) is 1. The molecule has 3 N–H and O–H groups in total. The molecule has 0 unspecified atom stereocenters. The minimum Gasteiger partial charge on any atom is -0.333 e. The molecular weight excluding hydrogens is 345 g/mol.